The van der Waals surface area contributed by atoms with Crippen LogP contribution in [0, 0.1) is 0 Å². The Morgan fingerprint density at radius 2 is 2.30 bits per heavy atom. The van der Waals surface area contributed by atoms with Gasteiger partial charge in [-0.2, -0.15) is 0 Å². The first-order chi connectivity index (χ1) is 9.53. The van der Waals surface area contributed by atoms with Crippen LogP contribution in [0.2, 0.25) is 0 Å². The van der Waals surface area contributed by atoms with Gasteiger partial charge in [0.1, 0.15) is 4.90 Å². The first-order valence-electron chi connectivity index (χ1n) is 5.79. The van der Waals surface area contributed by atoms with Crippen molar-refractivity contribution < 1.29 is 8.42 Å². The third kappa shape index (κ3) is 3.85. The monoisotopic (exact) mass is 379 g/mol. The molecule has 0 saturated heterocycles. The maximum absolute atomic E-state index is 12.2. The highest BCUT2D eigenvalue weighted by Gasteiger charge is 2.20. The van der Waals surface area contributed by atoms with Gasteiger partial charge in [0.2, 0.25) is 10.0 Å². The average Bonchev–Trinajstić information content (AvgIpc) is 2.99. The Morgan fingerprint density at radius 3 is 2.95 bits per heavy atom. The van der Waals surface area contributed by atoms with Gasteiger partial charge in [-0.3, -0.25) is 4.68 Å². The lowest BCUT2D eigenvalue weighted by Gasteiger charge is -2.05. The Balaban J connectivity index is 2.02. The number of sulfonamides is 1. The van der Waals surface area contributed by atoms with Crippen LogP contribution in [0.3, 0.4) is 0 Å². The fraction of sp³-hybridized carbons (Fsp3) is 0.400. The van der Waals surface area contributed by atoms with E-state index in [2.05, 4.69) is 36.3 Å². The van der Waals surface area contributed by atoms with Crippen LogP contribution >= 0.6 is 27.3 Å². The molecule has 0 fully saturated rings. The molecule has 10 heteroatoms. The van der Waals surface area contributed by atoms with E-state index in [1.807, 2.05) is 7.05 Å². The van der Waals surface area contributed by atoms with Gasteiger partial charge in [0.15, 0.2) is 0 Å². The second-order valence-electron chi connectivity index (χ2n) is 3.94. The Bertz CT molecular complexity index is 653. The summed E-state index contributed by atoms with van der Waals surface area (Å²) in [6, 6.07) is 1.67. The number of halogens is 1. The molecule has 20 heavy (non-hydrogen) atoms. The van der Waals surface area contributed by atoms with Gasteiger partial charge in [-0.15, -0.1) is 16.4 Å². The summed E-state index contributed by atoms with van der Waals surface area (Å²) >= 11 is 4.70. The van der Waals surface area contributed by atoms with Gasteiger partial charge < -0.3 is 5.32 Å². The zero-order valence-electron chi connectivity index (χ0n) is 10.7. The van der Waals surface area contributed by atoms with Crippen LogP contribution in [0.15, 0.2) is 27.1 Å². The lowest BCUT2D eigenvalue weighted by molar-refractivity contribution is 0.553. The van der Waals surface area contributed by atoms with E-state index in [4.69, 9.17) is 0 Å². The van der Waals surface area contributed by atoms with Gasteiger partial charge in [-0.1, -0.05) is 5.21 Å². The maximum atomic E-state index is 12.2. The number of nitrogens with one attached hydrogen (secondary N) is 2. The number of hydrogen-bond donors (Lipinski definition) is 2. The van der Waals surface area contributed by atoms with E-state index in [1.54, 1.807) is 23.1 Å². The molecule has 2 heterocycles. The van der Waals surface area contributed by atoms with E-state index in [0.29, 0.717) is 16.9 Å². The van der Waals surface area contributed by atoms with Crippen molar-refractivity contribution in [1.82, 2.24) is 25.0 Å². The molecule has 2 aromatic heterocycles. The quantitative estimate of drug-likeness (QED) is 0.742. The third-order valence-electron chi connectivity index (χ3n) is 2.45. The van der Waals surface area contributed by atoms with E-state index in [1.165, 1.54) is 11.3 Å². The molecule has 2 aromatic rings. The SMILES string of the molecule is CNCc1cc(S(=O)(=O)NCCn2ccnn2)c(Br)s1. The van der Waals surface area contributed by atoms with Crippen LogP contribution < -0.4 is 10.0 Å². The number of aromatic nitrogens is 3. The Hall–Kier alpha value is -0.810. The van der Waals surface area contributed by atoms with Gasteiger partial charge >= 0.3 is 0 Å². The van der Waals surface area contributed by atoms with Crippen molar-refractivity contribution in [3.63, 3.8) is 0 Å². The summed E-state index contributed by atoms with van der Waals surface area (Å²) in [5, 5.41) is 10.4. The van der Waals surface area contributed by atoms with Crippen LogP contribution in [0.1, 0.15) is 4.88 Å². The number of rotatable bonds is 7. The van der Waals surface area contributed by atoms with Crippen LogP contribution in [0.25, 0.3) is 0 Å². The second-order valence-corrected chi connectivity index (χ2v) is 8.13. The van der Waals surface area contributed by atoms with Crippen LogP contribution in [-0.2, 0) is 23.1 Å². The largest absolute Gasteiger partial charge is 0.315 e. The second kappa shape index (κ2) is 6.76. The number of hydrogen-bond acceptors (Lipinski definition) is 6. The van der Waals surface area contributed by atoms with Gasteiger partial charge in [0.05, 0.1) is 16.5 Å². The van der Waals surface area contributed by atoms with E-state index in [0.717, 1.165) is 4.88 Å². The molecule has 2 N–H and O–H groups in total. The van der Waals surface area contributed by atoms with Crippen molar-refractivity contribution in [2.24, 2.45) is 0 Å². The zero-order chi connectivity index (χ0) is 14.6. The lowest BCUT2D eigenvalue weighted by atomic mass is 10.5. The highest BCUT2D eigenvalue weighted by Crippen LogP contribution is 2.31. The fourth-order valence-electron chi connectivity index (χ4n) is 1.57. The molecule has 0 unspecified atom stereocenters. The molecule has 0 radical (unpaired) electrons. The smallest absolute Gasteiger partial charge is 0.242 e. The third-order valence-corrected chi connectivity index (χ3v) is 6.17. The van der Waals surface area contributed by atoms with Crippen molar-refractivity contribution in [3.05, 3.63) is 27.1 Å². The first kappa shape index (κ1) is 15.6. The molecule has 0 saturated carbocycles. The summed E-state index contributed by atoms with van der Waals surface area (Å²) in [7, 11) is -1.70. The molecular weight excluding hydrogens is 366 g/mol. The molecule has 7 nitrogen and oxygen atoms in total. The molecule has 0 amide bonds. The first-order valence-corrected chi connectivity index (χ1v) is 8.89. The predicted octanol–water partition coefficient (Wildman–Crippen LogP) is 0.800. The molecule has 110 valence electrons. The summed E-state index contributed by atoms with van der Waals surface area (Å²) < 4.78 is 29.1. The Morgan fingerprint density at radius 1 is 1.50 bits per heavy atom. The highest BCUT2D eigenvalue weighted by molar-refractivity contribution is 9.11. The van der Waals surface area contributed by atoms with E-state index >= 15 is 0 Å². The lowest BCUT2D eigenvalue weighted by Crippen LogP contribution is -2.27. The highest BCUT2D eigenvalue weighted by atomic mass is 79.9. The molecule has 0 aromatic carbocycles. The van der Waals surface area contributed by atoms with E-state index < -0.39 is 10.0 Å². The summed E-state index contributed by atoms with van der Waals surface area (Å²) in [5.41, 5.74) is 0. The van der Waals surface area contributed by atoms with Crippen LogP contribution in [0.4, 0.5) is 0 Å². The van der Waals surface area contributed by atoms with Gasteiger partial charge in [-0.25, -0.2) is 13.1 Å². The van der Waals surface area contributed by atoms with Crippen molar-refractivity contribution in [2.75, 3.05) is 13.6 Å². The molecule has 2 rings (SSSR count). The van der Waals surface area contributed by atoms with E-state index in [-0.39, 0.29) is 11.4 Å². The van der Waals surface area contributed by atoms with Crippen LogP contribution in [0.5, 0.6) is 0 Å². The predicted molar refractivity (Wildman–Crippen MR) is 80.0 cm³/mol. The molecule has 0 aliphatic carbocycles. The minimum atomic E-state index is -3.52. The zero-order valence-corrected chi connectivity index (χ0v) is 13.9. The standard InChI is InChI=1S/C10H14BrN5O2S2/c1-12-7-8-6-9(10(11)19-8)20(17,18)14-3-5-16-4-2-13-15-16/h2,4,6,12,14H,3,5,7H2,1H3. The van der Waals surface area contributed by atoms with E-state index in [9.17, 15) is 8.42 Å². The maximum Gasteiger partial charge on any atom is 0.242 e. The summed E-state index contributed by atoms with van der Waals surface area (Å²) in [4.78, 5) is 1.22. The molecule has 0 aliphatic heterocycles. The fourth-order valence-corrected chi connectivity index (χ4v) is 5.28. The minimum Gasteiger partial charge on any atom is -0.315 e. The molecular formula is C10H14BrN5O2S2. The molecule has 0 atom stereocenters. The molecule has 0 bridgehead atoms. The minimum absolute atomic E-state index is 0.259. The molecule has 0 spiro atoms. The van der Waals surface area contributed by atoms with Gasteiger partial charge in [0.25, 0.3) is 0 Å². The summed E-state index contributed by atoms with van der Waals surface area (Å²) in [6.07, 6.45) is 3.23. The summed E-state index contributed by atoms with van der Waals surface area (Å²) in [5.74, 6) is 0. The Kier molecular flexibility index (Phi) is 5.27. The van der Waals surface area contributed by atoms with Crippen molar-refractivity contribution in [3.8, 4) is 0 Å². The van der Waals surface area contributed by atoms with Crippen molar-refractivity contribution in [1.29, 1.82) is 0 Å². The number of nitrogens with zero attached hydrogens (tertiary/aromatic N) is 3. The van der Waals surface area contributed by atoms with Gasteiger partial charge in [0, 0.05) is 24.2 Å². The normalized spacial score (nSPS) is 11.9. The molecule has 0 aliphatic rings. The summed E-state index contributed by atoms with van der Waals surface area (Å²) in [6.45, 7) is 1.33. The van der Waals surface area contributed by atoms with Crippen molar-refractivity contribution >= 4 is 37.3 Å². The topological polar surface area (TPSA) is 88.9 Å². The van der Waals surface area contributed by atoms with Crippen molar-refractivity contribution in [2.45, 2.75) is 18.0 Å². The van der Waals surface area contributed by atoms with Crippen LogP contribution in [-0.4, -0.2) is 37.0 Å². The average molecular weight is 380 g/mol. The Labute approximate surface area is 129 Å². The number of thiophene rings is 1. The van der Waals surface area contributed by atoms with Gasteiger partial charge in [-0.05, 0) is 29.0 Å².